The van der Waals surface area contributed by atoms with Crippen LogP contribution in [0.2, 0.25) is 0 Å². The topological polar surface area (TPSA) is 17.1 Å². The molecule has 1 nitrogen and oxygen atoms in total. The lowest BCUT2D eigenvalue weighted by Gasteiger charge is -2.02. The van der Waals surface area contributed by atoms with Crippen LogP contribution in [-0.4, -0.2) is 5.78 Å². The van der Waals surface area contributed by atoms with Crippen molar-refractivity contribution in [3.63, 3.8) is 0 Å². The van der Waals surface area contributed by atoms with Crippen LogP contribution in [0, 0.1) is 0 Å². The SMILES string of the molecule is O=C(c1ccc2c(c1)CCC2)c1cc2ccccc2s1. The number of hydrogen-bond donors (Lipinski definition) is 0. The Bertz CT molecular complexity index is 780. The summed E-state index contributed by atoms with van der Waals surface area (Å²) in [4.78, 5) is 13.5. The number of carbonyl (C=O) groups is 1. The van der Waals surface area contributed by atoms with Crippen molar-refractivity contribution in [2.24, 2.45) is 0 Å². The maximum Gasteiger partial charge on any atom is 0.202 e. The van der Waals surface area contributed by atoms with Crippen molar-refractivity contribution in [3.05, 3.63) is 70.1 Å². The van der Waals surface area contributed by atoms with Gasteiger partial charge >= 0.3 is 0 Å². The Morgan fingerprint density at radius 3 is 2.70 bits per heavy atom. The number of rotatable bonds is 2. The Morgan fingerprint density at radius 2 is 1.80 bits per heavy atom. The summed E-state index contributed by atoms with van der Waals surface area (Å²) in [5, 5.41) is 1.15. The van der Waals surface area contributed by atoms with Gasteiger partial charge in [0.15, 0.2) is 0 Å². The molecule has 2 heteroatoms. The molecule has 0 saturated carbocycles. The lowest BCUT2D eigenvalue weighted by Crippen LogP contribution is -1.99. The minimum absolute atomic E-state index is 0.154. The van der Waals surface area contributed by atoms with Gasteiger partial charge in [-0.3, -0.25) is 4.79 Å². The van der Waals surface area contributed by atoms with Gasteiger partial charge in [-0.15, -0.1) is 11.3 Å². The summed E-state index contributed by atoms with van der Waals surface area (Å²) in [6.07, 6.45) is 3.49. The fraction of sp³-hybridized carbons (Fsp3) is 0.167. The molecule has 2 aromatic carbocycles. The van der Waals surface area contributed by atoms with E-state index in [2.05, 4.69) is 24.3 Å². The van der Waals surface area contributed by atoms with E-state index >= 15 is 0 Å². The Kier molecular flexibility index (Phi) is 2.71. The van der Waals surface area contributed by atoms with E-state index in [1.54, 1.807) is 11.3 Å². The second kappa shape index (κ2) is 4.57. The van der Waals surface area contributed by atoms with Crippen LogP contribution < -0.4 is 0 Å². The molecule has 0 radical (unpaired) electrons. The molecule has 0 amide bonds. The number of benzene rings is 2. The minimum atomic E-state index is 0.154. The van der Waals surface area contributed by atoms with E-state index in [0.717, 1.165) is 28.7 Å². The van der Waals surface area contributed by atoms with Crippen LogP contribution >= 0.6 is 11.3 Å². The van der Waals surface area contributed by atoms with Crippen molar-refractivity contribution >= 4 is 27.2 Å². The van der Waals surface area contributed by atoms with Crippen LogP contribution in [-0.2, 0) is 12.8 Å². The van der Waals surface area contributed by atoms with Gasteiger partial charge in [0.05, 0.1) is 4.88 Å². The minimum Gasteiger partial charge on any atom is -0.288 e. The summed E-state index contributed by atoms with van der Waals surface area (Å²) in [7, 11) is 0. The highest BCUT2D eigenvalue weighted by Crippen LogP contribution is 2.29. The zero-order valence-electron chi connectivity index (χ0n) is 11.1. The fourth-order valence-electron chi connectivity index (χ4n) is 2.95. The molecule has 98 valence electrons. The average molecular weight is 278 g/mol. The summed E-state index contributed by atoms with van der Waals surface area (Å²) < 4.78 is 1.18. The molecule has 1 heterocycles. The molecule has 1 aromatic heterocycles. The van der Waals surface area contributed by atoms with Crippen LogP contribution in [0.3, 0.4) is 0 Å². The summed E-state index contributed by atoms with van der Waals surface area (Å²) >= 11 is 1.58. The smallest absolute Gasteiger partial charge is 0.202 e. The van der Waals surface area contributed by atoms with Gasteiger partial charge in [-0.1, -0.05) is 30.3 Å². The predicted molar refractivity (Wildman–Crippen MR) is 83.7 cm³/mol. The molecule has 1 aliphatic rings. The number of aryl methyl sites for hydroxylation is 2. The molecule has 0 saturated heterocycles. The first-order valence-corrected chi connectivity index (χ1v) is 7.78. The van der Waals surface area contributed by atoms with Crippen LogP contribution in [0.15, 0.2) is 48.5 Å². The number of hydrogen-bond acceptors (Lipinski definition) is 2. The third-order valence-corrected chi connectivity index (χ3v) is 5.12. The molecular weight excluding hydrogens is 264 g/mol. The molecule has 0 spiro atoms. The Labute approximate surface area is 121 Å². The third-order valence-electron chi connectivity index (χ3n) is 4.01. The highest BCUT2D eigenvalue weighted by molar-refractivity contribution is 7.21. The van der Waals surface area contributed by atoms with Crippen LogP contribution in [0.4, 0.5) is 0 Å². The molecule has 20 heavy (non-hydrogen) atoms. The Balaban J connectivity index is 1.76. The van der Waals surface area contributed by atoms with Crippen molar-refractivity contribution in [3.8, 4) is 0 Å². The van der Waals surface area contributed by atoms with Crippen molar-refractivity contribution in [2.75, 3.05) is 0 Å². The molecule has 0 bridgehead atoms. The van der Waals surface area contributed by atoms with E-state index < -0.39 is 0 Å². The third kappa shape index (κ3) is 1.88. The number of carbonyl (C=O) groups excluding carboxylic acids is 1. The first-order chi connectivity index (χ1) is 9.81. The molecule has 0 atom stereocenters. The van der Waals surface area contributed by atoms with Gasteiger partial charge in [0.2, 0.25) is 5.78 Å². The first kappa shape index (κ1) is 11.9. The standard InChI is InChI=1S/C18H14OS/c19-18(15-9-8-12-5-3-6-13(12)10-15)17-11-14-4-1-2-7-16(14)20-17/h1-2,4,7-11H,3,5-6H2. The van der Waals surface area contributed by atoms with Gasteiger partial charge in [-0.05, 0) is 54.0 Å². The highest BCUT2D eigenvalue weighted by Gasteiger charge is 2.16. The van der Waals surface area contributed by atoms with E-state index in [0.29, 0.717) is 0 Å². The Hall–Kier alpha value is -1.93. The summed E-state index contributed by atoms with van der Waals surface area (Å²) in [6.45, 7) is 0. The molecule has 0 N–H and O–H groups in total. The number of fused-ring (bicyclic) bond motifs is 2. The molecular formula is C18H14OS. The summed E-state index contributed by atoms with van der Waals surface area (Å²) in [5.41, 5.74) is 3.60. The second-order valence-electron chi connectivity index (χ2n) is 5.31. The second-order valence-corrected chi connectivity index (χ2v) is 6.40. The van der Waals surface area contributed by atoms with Gasteiger partial charge < -0.3 is 0 Å². The average Bonchev–Trinajstić information content (AvgIpc) is 3.11. The van der Waals surface area contributed by atoms with E-state index in [-0.39, 0.29) is 5.78 Å². The zero-order chi connectivity index (χ0) is 13.5. The maximum absolute atomic E-state index is 12.6. The van der Waals surface area contributed by atoms with Crippen LogP contribution in [0.25, 0.3) is 10.1 Å². The van der Waals surface area contributed by atoms with E-state index in [1.165, 1.54) is 22.2 Å². The molecule has 1 aliphatic carbocycles. The van der Waals surface area contributed by atoms with Gasteiger partial charge in [-0.2, -0.15) is 0 Å². The van der Waals surface area contributed by atoms with E-state index in [1.807, 2.05) is 24.3 Å². The molecule has 3 aromatic rings. The van der Waals surface area contributed by atoms with Crippen molar-refractivity contribution in [1.82, 2.24) is 0 Å². The van der Waals surface area contributed by atoms with Gasteiger partial charge in [-0.25, -0.2) is 0 Å². The zero-order valence-corrected chi connectivity index (χ0v) is 11.9. The lowest BCUT2D eigenvalue weighted by molar-refractivity contribution is 0.104. The van der Waals surface area contributed by atoms with E-state index in [9.17, 15) is 4.79 Å². The maximum atomic E-state index is 12.6. The molecule has 0 fully saturated rings. The van der Waals surface area contributed by atoms with Crippen LogP contribution in [0.5, 0.6) is 0 Å². The molecule has 0 aliphatic heterocycles. The summed E-state index contributed by atoms with van der Waals surface area (Å²) in [6, 6.07) is 16.4. The number of thiophene rings is 1. The van der Waals surface area contributed by atoms with Gasteiger partial charge in [0, 0.05) is 10.3 Å². The Morgan fingerprint density at radius 1 is 0.950 bits per heavy atom. The van der Waals surface area contributed by atoms with Crippen molar-refractivity contribution in [2.45, 2.75) is 19.3 Å². The van der Waals surface area contributed by atoms with Crippen molar-refractivity contribution in [1.29, 1.82) is 0 Å². The highest BCUT2D eigenvalue weighted by atomic mass is 32.1. The largest absolute Gasteiger partial charge is 0.288 e. The van der Waals surface area contributed by atoms with Crippen LogP contribution in [0.1, 0.15) is 32.8 Å². The van der Waals surface area contributed by atoms with Gasteiger partial charge in [0.25, 0.3) is 0 Å². The summed E-state index contributed by atoms with van der Waals surface area (Å²) in [5.74, 6) is 0.154. The molecule has 4 rings (SSSR count). The number of ketones is 1. The first-order valence-electron chi connectivity index (χ1n) is 6.96. The quantitative estimate of drug-likeness (QED) is 0.625. The van der Waals surface area contributed by atoms with Crippen molar-refractivity contribution < 1.29 is 4.79 Å². The monoisotopic (exact) mass is 278 g/mol. The van der Waals surface area contributed by atoms with E-state index in [4.69, 9.17) is 0 Å². The van der Waals surface area contributed by atoms with Gasteiger partial charge in [0.1, 0.15) is 0 Å². The lowest BCUT2D eigenvalue weighted by atomic mass is 10.0. The predicted octanol–water partition coefficient (Wildman–Crippen LogP) is 4.62. The fourth-order valence-corrected chi connectivity index (χ4v) is 3.97. The normalized spacial score (nSPS) is 13.6. The molecule has 0 unspecified atom stereocenters.